The summed E-state index contributed by atoms with van der Waals surface area (Å²) in [6.45, 7) is 0.847. The van der Waals surface area contributed by atoms with E-state index >= 15 is 0 Å². The molecule has 1 fully saturated rings. The second kappa shape index (κ2) is 5.22. The molecule has 0 bridgehead atoms. The number of β-amino-alcohol motifs (C(OH)–C–C–N with tert-alkyl or cyclic N) is 1. The quantitative estimate of drug-likeness (QED) is 0.799. The molecule has 0 aromatic carbocycles. The number of aliphatic hydroxyl groups excluding tert-OH is 1. The van der Waals surface area contributed by atoms with Crippen LogP contribution in [0.4, 0.5) is 0 Å². The van der Waals surface area contributed by atoms with E-state index in [9.17, 15) is 13.5 Å². The Morgan fingerprint density at radius 3 is 2.78 bits per heavy atom. The Labute approximate surface area is 114 Å². The van der Waals surface area contributed by atoms with Gasteiger partial charge in [0.25, 0.3) is 0 Å². The smallest absolute Gasteiger partial charge is 0.244 e. The zero-order chi connectivity index (χ0) is 13.3. The van der Waals surface area contributed by atoms with Gasteiger partial charge in [-0.15, -0.1) is 0 Å². The van der Waals surface area contributed by atoms with Crippen molar-refractivity contribution in [2.45, 2.75) is 17.0 Å². The second-order valence-electron chi connectivity index (χ2n) is 4.15. The molecule has 1 aliphatic rings. The largest absolute Gasteiger partial charge is 0.390 e. The van der Waals surface area contributed by atoms with Gasteiger partial charge in [0.05, 0.1) is 12.1 Å². The molecule has 0 spiro atoms. The number of aromatic nitrogens is 1. The van der Waals surface area contributed by atoms with Crippen molar-refractivity contribution >= 4 is 26.0 Å². The number of hydrogen-bond donors (Lipinski definition) is 2. The van der Waals surface area contributed by atoms with Crippen molar-refractivity contribution < 1.29 is 13.5 Å². The Morgan fingerprint density at radius 2 is 2.22 bits per heavy atom. The first kappa shape index (κ1) is 13.9. The van der Waals surface area contributed by atoms with Gasteiger partial charge < -0.3 is 10.4 Å². The van der Waals surface area contributed by atoms with Crippen LogP contribution in [-0.4, -0.2) is 55.1 Å². The Morgan fingerprint density at radius 1 is 1.50 bits per heavy atom. The maximum atomic E-state index is 12.3. The number of rotatable bonds is 3. The summed E-state index contributed by atoms with van der Waals surface area (Å²) in [6, 6.07) is 1.04. The van der Waals surface area contributed by atoms with Gasteiger partial charge in [0.1, 0.15) is 4.90 Å². The van der Waals surface area contributed by atoms with E-state index < -0.39 is 22.2 Å². The van der Waals surface area contributed by atoms with Crippen LogP contribution in [0.25, 0.3) is 0 Å². The standard InChI is InChI=1S/C10H14BrN3O3S/c1-14(9-5-13-6-10(9)15)18(16,17)8-2-7(11)3-12-4-8/h2-4,9-10,13,15H,5-6H2,1H3/t9-,10-/m1/s1. The molecule has 100 valence electrons. The third-order valence-electron chi connectivity index (χ3n) is 2.97. The number of nitrogens with zero attached hydrogens (tertiary/aromatic N) is 2. The van der Waals surface area contributed by atoms with E-state index in [2.05, 4.69) is 26.2 Å². The van der Waals surface area contributed by atoms with Gasteiger partial charge in [-0.3, -0.25) is 4.98 Å². The van der Waals surface area contributed by atoms with E-state index in [1.165, 1.54) is 29.8 Å². The minimum atomic E-state index is -3.64. The summed E-state index contributed by atoms with van der Waals surface area (Å²) in [4.78, 5) is 3.96. The van der Waals surface area contributed by atoms with Crippen LogP contribution in [0.2, 0.25) is 0 Å². The third-order valence-corrected chi connectivity index (χ3v) is 5.26. The molecule has 1 aliphatic heterocycles. The molecule has 8 heteroatoms. The van der Waals surface area contributed by atoms with Crippen molar-refractivity contribution in [1.82, 2.24) is 14.6 Å². The van der Waals surface area contributed by atoms with Crippen molar-refractivity contribution in [3.63, 3.8) is 0 Å². The highest BCUT2D eigenvalue weighted by atomic mass is 79.9. The number of nitrogens with one attached hydrogen (secondary N) is 1. The van der Waals surface area contributed by atoms with E-state index in [1.54, 1.807) is 0 Å². The summed E-state index contributed by atoms with van der Waals surface area (Å²) in [5, 5.41) is 12.7. The molecule has 6 nitrogen and oxygen atoms in total. The Hall–Kier alpha value is -0.540. The number of halogens is 1. The zero-order valence-electron chi connectivity index (χ0n) is 9.75. The van der Waals surface area contributed by atoms with Gasteiger partial charge in [0.2, 0.25) is 10.0 Å². The SMILES string of the molecule is CN([C@@H]1CNC[C@H]1O)S(=O)(=O)c1cncc(Br)c1. The summed E-state index contributed by atoms with van der Waals surface area (Å²) in [5.74, 6) is 0. The molecule has 0 unspecified atom stereocenters. The van der Waals surface area contributed by atoms with Crippen LogP contribution >= 0.6 is 15.9 Å². The first-order chi connectivity index (χ1) is 8.43. The van der Waals surface area contributed by atoms with Gasteiger partial charge in [0.15, 0.2) is 0 Å². The van der Waals surface area contributed by atoms with Crippen LogP contribution in [0.1, 0.15) is 0 Å². The van der Waals surface area contributed by atoms with Crippen molar-refractivity contribution in [2.24, 2.45) is 0 Å². The molecular formula is C10H14BrN3O3S. The van der Waals surface area contributed by atoms with Crippen molar-refractivity contribution in [1.29, 1.82) is 0 Å². The van der Waals surface area contributed by atoms with Crippen LogP contribution < -0.4 is 5.32 Å². The van der Waals surface area contributed by atoms with Crippen LogP contribution in [0, 0.1) is 0 Å². The van der Waals surface area contributed by atoms with Crippen molar-refractivity contribution in [2.75, 3.05) is 20.1 Å². The third kappa shape index (κ3) is 2.57. The monoisotopic (exact) mass is 335 g/mol. The molecule has 0 saturated carbocycles. The summed E-state index contributed by atoms with van der Waals surface area (Å²) >= 11 is 3.19. The van der Waals surface area contributed by atoms with E-state index in [0.29, 0.717) is 17.6 Å². The first-order valence-corrected chi connectivity index (χ1v) is 7.63. The molecule has 18 heavy (non-hydrogen) atoms. The first-order valence-electron chi connectivity index (χ1n) is 5.40. The van der Waals surface area contributed by atoms with Gasteiger partial charge in [-0.05, 0) is 22.0 Å². The highest BCUT2D eigenvalue weighted by molar-refractivity contribution is 9.10. The fourth-order valence-electron chi connectivity index (χ4n) is 1.90. The summed E-state index contributed by atoms with van der Waals surface area (Å²) < 4.78 is 26.5. The molecule has 2 heterocycles. The normalized spacial score (nSPS) is 24.7. The van der Waals surface area contributed by atoms with Gasteiger partial charge in [-0.2, -0.15) is 4.31 Å². The molecule has 0 amide bonds. The lowest BCUT2D eigenvalue weighted by Crippen LogP contribution is -2.44. The highest BCUT2D eigenvalue weighted by Crippen LogP contribution is 2.21. The Kier molecular flexibility index (Phi) is 4.02. The number of hydrogen-bond acceptors (Lipinski definition) is 5. The van der Waals surface area contributed by atoms with Gasteiger partial charge in [0, 0.05) is 37.0 Å². The molecule has 0 aliphatic carbocycles. The Bertz CT molecular complexity index is 537. The fourth-order valence-corrected chi connectivity index (χ4v) is 3.79. The number of aliphatic hydroxyl groups is 1. The minimum Gasteiger partial charge on any atom is -0.390 e. The number of sulfonamides is 1. The average molecular weight is 336 g/mol. The van der Waals surface area contributed by atoms with Crippen molar-refractivity contribution in [3.05, 3.63) is 22.9 Å². The van der Waals surface area contributed by atoms with Crippen molar-refractivity contribution in [3.8, 4) is 0 Å². The summed E-state index contributed by atoms with van der Waals surface area (Å²) in [7, 11) is -2.17. The molecule has 2 rings (SSSR count). The Balaban J connectivity index is 2.31. The minimum absolute atomic E-state index is 0.110. The molecule has 1 aromatic heterocycles. The fraction of sp³-hybridized carbons (Fsp3) is 0.500. The lowest BCUT2D eigenvalue weighted by Gasteiger charge is -2.25. The lowest BCUT2D eigenvalue weighted by atomic mass is 10.2. The number of likely N-dealkylation sites (N-methyl/N-ethyl adjacent to an activating group) is 1. The van der Waals surface area contributed by atoms with Gasteiger partial charge in [-0.25, -0.2) is 8.42 Å². The topological polar surface area (TPSA) is 82.5 Å². The highest BCUT2D eigenvalue weighted by Gasteiger charge is 2.35. The predicted molar refractivity (Wildman–Crippen MR) is 69.6 cm³/mol. The molecule has 2 N–H and O–H groups in total. The molecule has 1 aromatic rings. The maximum absolute atomic E-state index is 12.3. The predicted octanol–water partition coefficient (Wildman–Crippen LogP) is -0.203. The summed E-state index contributed by atoms with van der Waals surface area (Å²) in [5.41, 5.74) is 0. The van der Waals surface area contributed by atoms with Crippen LogP contribution in [-0.2, 0) is 10.0 Å². The van der Waals surface area contributed by atoms with E-state index in [-0.39, 0.29) is 4.90 Å². The van der Waals surface area contributed by atoms with E-state index in [1.807, 2.05) is 0 Å². The summed E-state index contributed by atoms with van der Waals surface area (Å²) in [6.07, 6.45) is 2.13. The van der Waals surface area contributed by atoms with E-state index in [0.717, 1.165) is 0 Å². The maximum Gasteiger partial charge on any atom is 0.244 e. The molecular weight excluding hydrogens is 322 g/mol. The average Bonchev–Trinajstić information content (AvgIpc) is 2.74. The van der Waals surface area contributed by atoms with Gasteiger partial charge >= 0.3 is 0 Å². The van der Waals surface area contributed by atoms with Crippen LogP contribution in [0.15, 0.2) is 27.8 Å². The van der Waals surface area contributed by atoms with E-state index in [4.69, 9.17) is 0 Å². The van der Waals surface area contributed by atoms with Gasteiger partial charge in [-0.1, -0.05) is 0 Å². The molecule has 0 radical (unpaired) electrons. The van der Waals surface area contributed by atoms with Crippen LogP contribution in [0.3, 0.4) is 0 Å². The molecule has 2 atom stereocenters. The lowest BCUT2D eigenvalue weighted by molar-refractivity contribution is 0.136. The van der Waals surface area contributed by atoms with Crippen LogP contribution in [0.5, 0.6) is 0 Å². The number of pyridine rings is 1. The second-order valence-corrected chi connectivity index (χ2v) is 7.07. The molecule has 1 saturated heterocycles. The zero-order valence-corrected chi connectivity index (χ0v) is 12.1.